The third kappa shape index (κ3) is 4.85. The maximum absolute atomic E-state index is 5.70. The Kier molecular flexibility index (Phi) is 6.21. The number of ether oxygens (including phenoxy) is 2. The largest absolute Gasteiger partial charge is 0.576 e. The molecule has 2 rings (SSSR count). The highest BCUT2D eigenvalue weighted by molar-refractivity contribution is 6.20. The van der Waals surface area contributed by atoms with Crippen molar-refractivity contribution in [2.75, 3.05) is 13.2 Å². The van der Waals surface area contributed by atoms with Gasteiger partial charge in [0.2, 0.25) is 0 Å². The molecule has 2 aromatic carbocycles. The van der Waals surface area contributed by atoms with Gasteiger partial charge >= 0.3 is 7.69 Å². The molecule has 0 saturated heterocycles. The van der Waals surface area contributed by atoms with Crippen LogP contribution >= 0.6 is 0 Å². The van der Waals surface area contributed by atoms with Crippen LogP contribution in [0.4, 0.5) is 0 Å². The normalized spacial score (nSPS) is 10.1. The summed E-state index contributed by atoms with van der Waals surface area (Å²) in [6.07, 6.45) is 0. The second-order valence-corrected chi connectivity index (χ2v) is 5.13. The fourth-order valence-electron chi connectivity index (χ4n) is 2.24. The van der Waals surface area contributed by atoms with E-state index in [1.54, 1.807) is 0 Å². The van der Waals surface area contributed by atoms with E-state index in [9.17, 15) is 0 Å². The van der Waals surface area contributed by atoms with Crippen LogP contribution in [0.1, 0.15) is 25.0 Å². The number of aryl methyl sites for hydroxylation is 2. The van der Waals surface area contributed by atoms with Crippen LogP contribution in [0, 0.1) is 13.8 Å². The maximum Gasteiger partial charge on any atom is 0.576 e. The molecule has 0 unspecified atom stereocenters. The quantitative estimate of drug-likeness (QED) is 0.694. The van der Waals surface area contributed by atoms with Crippen LogP contribution in [0.3, 0.4) is 0 Å². The monoisotopic (exact) mass is 314 g/mol. The average molecular weight is 314 g/mol. The highest BCUT2D eigenvalue weighted by Crippen LogP contribution is 2.25. The Bertz CT molecular complexity index is 587. The highest BCUT2D eigenvalue weighted by Gasteiger charge is 2.07. The summed E-state index contributed by atoms with van der Waals surface area (Å²) >= 11 is 0. The molecule has 2 aromatic rings. The van der Waals surface area contributed by atoms with Gasteiger partial charge in [0.25, 0.3) is 0 Å². The lowest BCUT2D eigenvalue weighted by Crippen LogP contribution is -2.12. The van der Waals surface area contributed by atoms with Gasteiger partial charge in [-0.1, -0.05) is 0 Å². The Hall–Kier alpha value is -2.30. The van der Waals surface area contributed by atoms with Crippen molar-refractivity contribution in [3.8, 4) is 23.0 Å². The summed E-state index contributed by atoms with van der Waals surface area (Å²) in [6, 6.07) is 11.5. The standard InChI is InChI=1S/C18H23BO4/c1-5-20-15-7-9-17(13(3)11-15)22-19-23-18-10-8-16(21-6-2)12-14(18)4/h7-12,19H,5-6H2,1-4H3. The smallest absolute Gasteiger partial charge is 0.528 e. The summed E-state index contributed by atoms with van der Waals surface area (Å²) < 4.78 is 22.3. The first-order chi connectivity index (χ1) is 11.1. The van der Waals surface area contributed by atoms with E-state index in [1.165, 1.54) is 0 Å². The molecule has 0 N–H and O–H groups in total. The maximum atomic E-state index is 5.70. The SMILES string of the molecule is CCOc1ccc(OBOc2ccc(OCC)cc2C)c(C)c1. The zero-order chi connectivity index (χ0) is 16.7. The van der Waals surface area contributed by atoms with E-state index in [1.807, 2.05) is 64.1 Å². The topological polar surface area (TPSA) is 36.9 Å². The average Bonchev–Trinajstić information content (AvgIpc) is 2.52. The van der Waals surface area contributed by atoms with Gasteiger partial charge in [0.15, 0.2) is 0 Å². The molecule has 122 valence electrons. The fourth-order valence-corrected chi connectivity index (χ4v) is 2.24. The van der Waals surface area contributed by atoms with Crippen molar-refractivity contribution in [1.29, 1.82) is 0 Å². The van der Waals surface area contributed by atoms with Crippen molar-refractivity contribution in [3.05, 3.63) is 47.5 Å². The Balaban J connectivity index is 1.92. The fraction of sp³-hybridized carbons (Fsp3) is 0.333. The Morgan fingerprint density at radius 3 is 1.52 bits per heavy atom. The number of hydrogen-bond acceptors (Lipinski definition) is 4. The van der Waals surface area contributed by atoms with Crippen LogP contribution < -0.4 is 18.8 Å². The zero-order valence-electron chi connectivity index (χ0n) is 14.2. The number of benzene rings is 2. The second-order valence-electron chi connectivity index (χ2n) is 5.13. The molecule has 0 bridgehead atoms. The molecule has 0 aliphatic heterocycles. The molecule has 0 amide bonds. The zero-order valence-corrected chi connectivity index (χ0v) is 14.2. The minimum absolute atomic E-state index is 0.156. The first kappa shape index (κ1) is 17.1. The third-order valence-electron chi connectivity index (χ3n) is 3.34. The van der Waals surface area contributed by atoms with Gasteiger partial charge in [-0.3, -0.25) is 0 Å². The summed E-state index contributed by atoms with van der Waals surface area (Å²) in [6.45, 7) is 9.21. The van der Waals surface area contributed by atoms with Crippen molar-refractivity contribution >= 4 is 7.69 Å². The lowest BCUT2D eigenvalue weighted by atomic mass is 10.2. The van der Waals surface area contributed by atoms with Gasteiger partial charge in [-0.2, -0.15) is 0 Å². The molecular weight excluding hydrogens is 291 g/mol. The summed E-state index contributed by atoms with van der Waals surface area (Å²) in [5, 5.41) is 0. The Morgan fingerprint density at radius 1 is 0.739 bits per heavy atom. The molecule has 4 nitrogen and oxygen atoms in total. The molecule has 0 fully saturated rings. The van der Waals surface area contributed by atoms with Crippen molar-refractivity contribution < 1.29 is 18.8 Å². The lowest BCUT2D eigenvalue weighted by Gasteiger charge is -2.13. The van der Waals surface area contributed by atoms with E-state index in [0.29, 0.717) is 13.2 Å². The molecule has 0 aliphatic rings. The molecule has 23 heavy (non-hydrogen) atoms. The molecule has 5 heteroatoms. The van der Waals surface area contributed by atoms with Crippen LogP contribution in [-0.2, 0) is 0 Å². The van der Waals surface area contributed by atoms with Crippen LogP contribution in [0.25, 0.3) is 0 Å². The molecule has 0 saturated carbocycles. The Morgan fingerprint density at radius 2 is 1.17 bits per heavy atom. The lowest BCUT2D eigenvalue weighted by molar-refractivity contribution is 0.339. The summed E-state index contributed by atoms with van der Waals surface area (Å²) in [5.74, 6) is 3.27. The van der Waals surface area contributed by atoms with Gasteiger partial charge in [0.1, 0.15) is 23.0 Å². The highest BCUT2D eigenvalue weighted by atomic mass is 16.6. The van der Waals surface area contributed by atoms with Crippen LogP contribution in [0.5, 0.6) is 23.0 Å². The van der Waals surface area contributed by atoms with Gasteiger partial charge in [0, 0.05) is 0 Å². The van der Waals surface area contributed by atoms with Gasteiger partial charge in [-0.15, -0.1) is 0 Å². The van der Waals surface area contributed by atoms with Gasteiger partial charge < -0.3 is 18.8 Å². The molecule has 0 radical (unpaired) electrons. The van der Waals surface area contributed by atoms with E-state index in [-0.39, 0.29) is 7.69 Å². The van der Waals surface area contributed by atoms with E-state index in [0.717, 1.165) is 34.1 Å². The van der Waals surface area contributed by atoms with Crippen molar-refractivity contribution in [1.82, 2.24) is 0 Å². The van der Waals surface area contributed by atoms with Crippen LogP contribution in [0.15, 0.2) is 36.4 Å². The molecular formula is C18H23BO4. The summed E-state index contributed by atoms with van der Waals surface area (Å²) in [4.78, 5) is 0. The first-order valence-corrected chi connectivity index (χ1v) is 7.86. The van der Waals surface area contributed by atoms with Gasteiger partial charge in [-0.25, -0.2) is 0 Å². The van der Waals surface area contributed by atoms with Crippen LogP contribution in [-0.4, -0.2) is 20.9 Å². The third-order valence-corrected chi connectivity index (χ3v) is 3.34. The molecule has 0 aromatic heterocycles. The predicted molar refractivity (Wildman–Crippen MR) is 93.1 cm³/mol. The number of hydrogen-bond donors (Lipinski definition) is 0. The summed E-state index contributed by atoms with van der Waals surface area (Å²) in [7, 11) is 0.156. The molecule has 0 atom stereocenters. The van der Waals surface area contributed by atoms with E-state index in [2.05, 4.69) is 0 Å². The van der Waals surface area contributed by atoms with E-state index in [4.69, 9.17) is 18.8 Å². The Labute approximate surface area is 138 Å². The molecule has 0 spiro atoms. The van der Waals surface area contributed by atoms with Gasteiger partial charge in [-0.05, 0) is 75.2 Å². The van der Waals surface area contributed by atoms with Crippen molar-refractivity contribution in [2.45, 2.75) is 27.7 Å². The second kappa shape index (κ2) is 8.37. The first-order valence-electron chi connectivity index (χ1n) is 7.86. The van der Waals surface area contributed by atoms with Crippen LogP contribution in [0.2, 0.25) is 0 Å². The van der Waals surface area contributed by atoms with Gasteiger partial charge in [0.05, 0.1) is 13.2 Å². The molecule has 0 heterocycles. The summed E-state index contributed by atoms with van der Waals surface area (Å²) in [5.41, 5.74) is 2.03. The predicted octanol–water partition coefficient (Wildman–Crippen LogP) is 3.83. The van der Waals surface area contributed by atoms with Crippen molar-refractivity contribution in [3.63, 3.8) is 0 Å². The van der Waals surface area contributed by atoms with E-state index >= 15 is 0 Å². The molecule has 0 aliphatic carbocycles. The van der Waals surface area contributed by atoms with E-state index < -0.39 is 0 Å². The van der Waals surface area contributed by atoms with Crippen molar-refractivity contribution in [2.24, 2.45) is 0 Å². The number of rotatable bonds is 8. The minimum Gasteiger partial charge on any atom is -0.528 e. The minimum atomic E-state index is 0.156.